The van der Waals surface area contributed by atoms with Gasteiger partial charge in [0.25, 0.3) is 0 Å². The summed E-state index contributed by atoms with van der Waals surface area (Å²) in [5.41, 5.74) is 1.15. The number of hydrogen-bond donors (Lipinski definition) is 2. The number of nitrogens with zero attached hydrogens (tertiary/aromatic N) is 1. The number of aryl methyl sites for hydroxylation is 1. The molecular formula is C12H10Cl2N2O2S. The van der Waals surface area contributed by atoms with Crippen molar-refractivity contribution in [3.05, 3.63) is 38.8 Å². The fourth-order valence-electron chi connectivity index (χ4n) is 1.52. The second-order valence-electron chi connectivity index (χ2n) is 3.70. The molecule has 100 valence electrons. The molecule has 1 aromatic carbocycles. The molecule has 0 fully saturated rings. The lowest BCUT2D eigenvalue weighted by atomic mass is 10.3. The summed E-state index contributed by atoms with van der Waals surface area (Å²) in [5, 5.41) is 13.6. The Morgan fingerprint density at radius 3 is 2.79 bits per heavy atom. The van der Waals surface area contributed by atoms with Crippen LogP contribution in [-0.4, -0.2) is 16.1 Å². The second-order valence-corrected chi connectivity index (χ2v) is 5.55. The highest BCUT2D eigenvalue weighted by atomic mass is 35.5. The summed E-state index contributed by atoms with van der Waals surface area (Å²) in [5.74, 6) is -0.973. The van der Waals surface area contributed by atoms with Crippen molar-refractivity contribution in [2.24, 2.45) is 0 Å². The van der Waals surface area contributed by atoms with Gasteiger partial charge < -0.3 is 10.4 Å². The maximum atomic E-state index is 11.1. The largest absolute Gasteiger partial charge is 0.477 e. The van der Waals surface area contributed by atoms with Crippen LogP contribution in [-0.2, 0) is 6.42 Å². The Labute approximate surface area is 124 Å². The SMILES string of the molecule is CCc1nc(Nc2cc(Cl)ccc2Cl)sc1C(=O)O. The first kappa shape index (κ1) is 14.1. The Morgan fingerprint density at radius 2 is 2.21 bits per heavy atom. The minimum atomic E-state index is -0.973. The molecule has 0 amide bonds. The number of aromatic nitrogens is 1. The molecule has 0 aliphatic rings. The van der Waals surface area contributed by atoms with Crippen LogP contribution in [0.15, 0.2) is 18.2 Å². The number of carboxylic acid groups (broad SMARTS) is 1. The third kappa shape index (κ3) is 3.18. The second kappa shape index (κ2) is 5.77. The van der Waals surface area contributed by atoms with E-state index in [1.54, 1.807) is 18.2 Å². The zero-order valence-electron chi connectivity index (χ0n) is 9.91. The van der Waals surface area contributed by atoms with Crippen LogP contribution in [0.25, 0.3) is 0 Å². The minimum absolute atomic E-state index is 0.239. The van der Waals surface area contributed by atoms with Crippen molar-refractivity contribution in [2.45, 2.75) is 13.3 Å². The summed E-state index contributed by atoms with van der Waals surface area (Å²) in [7, 11) is 0. The lowest BCUT2D eigenvalue weighted by Gasteiger charge is -2.05. The number of hydrogen-bond acceptors (Lipinski definition) is 4. The number of carboxylic acids is 1. The van der Waals surface area contributed by atoms with Crippen LogP contribution in [0, 0.1) is 0 Å². The molecule has 1 heterocycles. The van der Waals surface area contributed by atoms with Crippen LogP contribution in [0.5, 0.6) is 0 Å². The van der Waals surface area contributed by atoms with Gasteiger partial charge in [-0.1, -0.05) is 41.5 Å². The summed E-state index contributed by atoms with van der Waals surface area (Å²) in [6, 6.07) is 5.01. The Bertz CT molecular complexity index is 628. The third-order valence-corrected chi connectivity index (χ3v) is 3.96. The van der Waals surface area contributed by atoms with Crippen molar-refractivity contribution in [1.82, 2.24) is 4.98 Å². The predicted octanol–water partition coefficient (Wildman–Crippen LogP) is 4.45. The molecule has 4 nitrogen and oxygen atoms in total. The monoisotopic (exact) mass is 316 g/mol. The molecule has 7 heteroatoms. The molecule has 1 aromatic heterocycles. The van der Waals surface area contributed by atoms with Crippen molar-refractivity contribution in [3.63, 3.8) is 0 Å². The number of carbonyl (C=O) groups is 1. The Hall–Kier alpha value is -1.30. The summed E-state index contributed by atoms with van der Waals surface area (Å²) < 4.78 is 0. The van der Waals surface area contributed by atoms with Crippen molar-refractivity contribution in [3.8, 4) is 0 Å². The Balaban J connectivity index is 2.33. The molecule has 0 bridgehead atoms. The molecule has 0 aliphatic carbocycles. The number of anilines is 2. The standard InChI is InChI=1S/C12H10Cl2N2O2S/c1-2-8-10(11(17)18)19-12(15-8)16-9-5-6(13)3-4-7(9)14/h3-5H,2H2,1H3,(H,15,16)(H,17,18). The van der Waals surface area contributed by atoms with Gasteiger partial charge >= 0.3 is 5.97 Å². The van der Waals surface area contributed by atoms with Gasteiger partial charge in [0.1, 0.15) is 4.88 Å². The molecule has 2 rings (SSSR count). The van der Waals surface area contributed by atoms with E-state index in [2.05, 4.69) is 10.3 Å². The van der Waals surface area contributed by atoms with Gasteiger partial charge in [-0.3, -0.25) is 0 Å². The minimum Gasteiger partial charge on any atom is -0.477 e. The van der Waals surface area contributed by atoms with Crippen LogP contribution >= 0.6 is 34.5 Å². The normalized spacial score (nSPS) is 10.5. The number of nitrogens with one attached hydrogen (secondary N) is 1. The predicted molar refractivity (Wildman–Crippen MR) is 78.2 cm³/mol. The smallest absolute Gasteiger partial charge is 0.347 e. The quantitative estimate of drug-likeness (QED) is 0.874. The van der Waals surface area contributed by atoms with Gasteiger partial charge in [0.05, 0.1) is 16.4 Å². The molecule has 0 saturated carbocycles. The molecule has 0 radical (unpaired) electrons. The van der Waals surface area contributed by atoms with E-state index < -0.39 is 5.97 Å². The number of thiazole rings is 1. The van der Waals surface area contributed by atoms with Gasteiger partial charge in [-0.25, -0.2) is 9.78 Å². The molecule has 0 unspecified atom stereocenters. The van der Waals surface area contributed by atoms with Crippen molar-refractivity contribution < 1.29 is 9.90 Å². The zero-order valence-corrected chi connectivity index (χ0v) is 12.2. The lowest BCUT2D eigenvalue weighted by Crippen LogP contribution is -1.97. The van der Waals surface area contributed by atoms with Gasteiger partial charge in [0.2, 0.25) is 0 Å². The van der Waals surface area contributed by atoms with E-state index in [-0.39, 0.29) is 4.88 Å². The van der Waals surface area contributed by atoms with Gasteiger partial charge in [-0.05, 0) is 24.6 Å². The van der Waals surface area contributed by atoms with Crippen LogP contribution in [0.2, 0.25) is 10.0 Å². The van der Waals surface area contributed by atoms with E-state index in [4.69, 9.17) is 28.3 Å². The molecule has 2 aromatic rings. The molecular weight excluding hydrogens is 307 g/mol. The highest BCUT2D eigenvalue weighted by molar-refractivity contribution is 7.17. The highest BCUT2D eigenvalue weighted by Gasteiger charge is 2.16. The average Bonchev–Trinajstić information content (AvgIpc) is 2.77. The maximum absolute atomic E-state index is 11.1. The van der Waals surface area contributed by atoms with Crippen LogP contribution in [0.4, 0.5) is 10.8 Å². The highest BCUT2D eigenvalue weighted by Crippen LogP contribution is 2.31. The number of benzene rings is 1. The van der Waals surface area contributed by atoms with Crippen molar-refractivity contribution >= 4 is 51.3 Å². The Kier molecular flexibility index (Phi) is 4.29. The summed E-state index contributed by atoms with van der Waals surface area (Å²) >= 11 is 13.0. The van der Waals surface area contributed by atoms with Gasteiger partial charge in [0, 0.05) is 5.02 Å². The first-order chi connectivity index (χ1) is 9.01. The molecule has 0 spiro atoms. The van der Waals surface area contributed by atoms with Crippen LogP contribution in [0.1, 0.15) is 22.3 Å². The summed E-state index contributed by atoms with van der Waals surface area (Å²) in [6.07, 6.45) is 0.559. The van der Waals surface area contributed by atoms with Gasteiger partial charge in [-0.15, -0.1) is 0 Å². The van der Waals surface area contributed by atoms with E-state index >= 15 is 0 Å². The average molecular weight is 317 g/mol. The third-order valence-electron chi connectivity index (χ3n) is 2.40. The summed E-state index contributed by atoms with van der Waals surface area (Å²) in [6.45, 7) is 1.86. The van der Waals surface area contributed by atoms with Crippen molar-refractivity contribution in [2.75, 3.05) is 5.32 Å². The van der Waals surface area contributed by atoms with E-state index in [0.29, 0.717) is 33.0 Å². The topological polar surface area (TPSA) is 62.2 Å². The van der Waals surface area contributed by atoms with E-state index in [0.717, 1.165) is 11.3 Å². The fraction of sp³-hybridized carbons (Fsp3) is 0.167. The first-order valence-electron chi connectivity index (χ1n) is 5.46. The molecule has 0 aliphatic heterocycles. The van der Waals surface area contributed by atoms with E-state index in [1.807, 2.05) is 6.92 Å². The first-order valence-corrected chi connectivity index (χ1v) is 7.03. The van der Waals surface area contributed by atoms with Crippen LogP contribution < -0.4 is 5.32 Å². The molecule has 0 saturated heterocycles. The van der Waals surface area contributed by atoms with Crippen LogP contribution in [0.3, 0.4) is 0 Å². The fourth-order valence-corrected chi connectivity index (χ4v) is 2.76. The number of halogens is 2. The van der Waals surface area contributed by atoms with Gasteiger partial charge in [0.15, 0.2) is 5.13 Å². The lowest BCUT2D eigenvalue weighted by molar-refractivity contribution is 0.0701. The van der Waals surface area contributed by atoms with E-state index in [9.17, 15) is 4.79 Å². The zero-order chi connectivity index (χ0) is 14.0. The van der Waals surface area contributed by atoms with Gasteiger partial charge in [-0.2, -0.15) is 0 Å². The maximum Gasteiger partial charge on any atom is 0.347 e. The van der Waals surface area contributed by atoms with Crippen molar-refractivity contribution in [1.29, 1.82) is 0 Å². The molecule has 19 heavy (non-hydrogen) atoms. The molecule has 0 atom stereocenters. The summed E-state index contributed by atoms with van der Waals surface area (Å²) in [4.78, 5) is 15.5. The number of rotatable bonds is 4. The van der Waals surface area contributed by atoms with E-state index in [1.165, 1.54) is 0 Å². The molecule has 2 N–H and O–H groups in total. The number of aromatic carboxylic acids is 1. The Morgan fingerprint density at radius 1 is 1.47 bits per heavy atom.